The lowest BCUT2D eigenvalue weighted by molar-refractivity contribution is 0.340. The van der Waals surface area contributed by atoms with Gasteiger partial charge in [-0.2, -0.15) is 9.97 Å². The number of hydrogen-bond donors (Lipinski definition) is 1. The van der Waals surface area contributed by atoms with Gasteiger partial charge in [0.25, 0.3) is 0 Å². The Morgan fingerprint density at radius 1 is 1.16 bits per heavy atom. The smallest absolute Gasteiger partial charge is 0.324 e. The van der Waals surface area contributed by atoms with E-state index in [0.29, 0.717) is 52.4 Å². The summed E-state index contributed by atoms with van der Waals surface area (Å²) < 4.78 is 13.3. The average Bonchev–Trinajstić information content (AvgIpc) is 3.42. The summed E-state index contributed by atoms with van der Waals surface area (Å²) in [4.78, 5) is 11.3. The Kier molecular flexibility index (Phi) is 5.44. The molecule has 0 amide bonds. The van der Waals surface area contributed by atoms with E-state index in [9.17, 15) is 0 Å². The molecule has 1 saturated carbocycles. The van der Waals surface area contributed by atoms with Crippen LogP contribution in [0.5, 0.6) is 11.8 Å². The van der Waals surface area contributed by atoms with Gasteiger partial charge in [0.15, 0.2) is 5.82 Å². The fraction of sp³-hybridized carbons (Fsp3) is 0.545. The molecule has 2 aliphatic rings. The van der Waals surface area contributed by atoms with Crippen LogP contribution in [0, 0.1) is 25.7 Å². The number of halogens is 1. The van der Waals surface area contributed by atoms with Crippen molar-refractivity contribution in [2.45, 2.75) is 52.6 Å². The van der Waals surface area contributed by atoms with Gasteiger partial charge < -0.3 is 19.5 Å². The molecule has 2 fully saturated rings. The fourth-order valence-corrected chi connectivity index (χ4v) is 4.92. The summed E-state index contributed by atoms with van der Waals surface area (Å²) in [6.45, 7) is 9.66. The van der Waals surface area contributed by atoms with E-state index in [1.165, 1.54) is 0 Å². The van der Waals surface area contributed by atoms with Crippen LogP contribution in [0.2, 0.25) is 5.02 Å². The molecule has 2 bridgehead atoms. The second-order valence-corrected chi connectivity index (χ2v) is 9.43. The van der Waals surface area contributed by atoms with Crippen LogP contribution < -0.4 is 15.0 Å². The van der Waals surface area contributed by atoms with Crippen LogP contribution in [-0.4, -0.2) is 44.0 Å². The number of aromatic nitrogens is 5. The maximum atomic E-state index is 6.26. The number of anilines is 2. The lowest BCUT2D eigenvalue weighted by Gasteiger charge is -2.37. The third kappa shape index (κ3) is 3.90. The summed E-state index contributed by atoms with van der Waals surface area (Å²) in [6, 6.07) is 7.10. The number of aryl methyl sites for hydroxylation is 1. The van der Waals surface area contributed by atoms with Crippen LogP contribution in [0.3, 0.4) is 0 Å². The highest BCUT2D eigenvalue weighted by Gasteiger charge is 2.43. The Morgan fingerprint density at radius 3 is 2.56 bits per heavy atom. The van der Waals surface area contributed by atoms with Gasteiger partial charge in [-0.15, -0.1) is 5.10 Å². The van der Waals surface area contributed by atoms with E-state index in [4.69, 9.17) is 26.0 Å². The number of nitrogens with one attached hydrogen (secondary N) is 1. The minimum atomic E-state index is 0.104. The number of nitrogens with zero attached hydrogens (tertiary/aromatic N) is 6. The molecule has 3 heterocycles. The van der Waals surface area contributed by atoms with Crippen molar-refractivity contribution < 1.29 is 9.26 Å². The molecule has 5 rings (SSSR count). The number of fused-ring (bicyclic) bond motifs is 2. The van der Waals surface area contributed by atoms with E-state index in [-0.39, 0.29) is 6.04 Å². The molecule has 32 heavy (non-hydrogen) atoms. The van der Waals surface area contributed by atoms with E-state index in [2.05, 4.69) is 39.2 Å². The van der Waals surface area contributed by atoms with Gasteiger partial charge in [0.2, 0.25) is 5.95 Å². The van der Waals surface area contributed by atoms with Crippen molar-refractivity contribution >= 4 is 23.6 Å². The third-order valence-corrected chi connectivity index (χ3v) is 6.83. The largest absolute Gasteiger partial charge is 0.424 e. The second-order valence-electron chi connectivity index (χ2n) is 9.02. The molecular formula is C22H28ClN7O2. The van der Waals surface area contributed by atoms with Crippen molar-refractivity contribution in [2.75, 3.05) is 23.3 Å². The van der Waals surface area contributed by atoms with Gasteiger partial charge in [-0.1, -0.05) is 22.8 Å². The molecule has 9 nitrogen and oxygen atoms in total. The second kappa shape index (κ2) is 8.27. The van der Waals surface area contributed by atoms with Gasteiger partial charge in [-0.05, 0) is 64.5 Å². The monoisotopic (exact) mass is 457 g/mol. The molecule has 10 heteroatoms. The fourth-order valence-electron chi connectivity index (χ4n) is 4.75. The molecule has 170 valence electrons. The first kappa shape index (κ1) is 21.1. The zero-order valence-electron chi connectivity index (χ0n) is 18.7. The normalized spacial score (nSPS) is 22.6. The molecule has 1 aromatic carbocycles. The van der Waals surface area contributed by atoms with Crippen molar-refractivity contribution in [1.29, 1.82) is 0 Å². The van der Waals surface area contributed by atoms with Crippen molar-refractivity contribution in [1.82, 2.24) is 24.9 Å². The van der Waals surface area contributed by atoms with Gasteiger partial charge in [0.1, 0.15) is 5.75 Å². The first-order chi connectivity index (χ1) is 15.4. The molecule has 1 aliphatic carbocycles. The van der Waals surface area contributed by atoms with E-state index in [1.54, 1.807) is 4.68 Å². The van der Waals surface area contributed by atoms with Crippen molar-refractivity contribution in [2.24, 2.45) is 11.8 Å². The molecule has 0 radical (unpaired) electrons. The van der Waals surface area contributed by atoms with Crippen molar-refractivity contribution in [3.8, 4) is 11.8 Å². The maximum Gasteiger partial charge on any atom is 0.324 e. The van der Waals surface area contributed by atoms with Crippen LogP contribution in [-0.2, 0) is 0 Å². The summed E-state index contributed by atoms with van der Waals surface area (Å²) in [5, 5.41) is 12.9. The molecule has 3 aromatic rings. The zero-order chi connectivity index (χ0) is 22.4. The summed E-state index contributed by atoms with van der Waals surface area (Å²) in [5.41, 5.74) is 0.878. The van der Waals surface area contributed by atoms with Crippen LogP contribution >= 0.6 is 11.6 Å². The quantitative estimate of drug-likeness (QED) is 0.572. The van der Waals surface area contributed by atoms with Gasteiger partial charge in [0.05, 0.1) is 6.04 Å². The molecule has 0 spiro atoms. The predicted molar refractivity (Wildman–Crippen MR) is 122 cm³/mol. The van der Waals surface area contributed by atoms with Gasteiger partial charge in [0, 0.05) is 29.7 Å². The first-order valence-electron chi connectivity index (χ1n) is 11.1. The van der Waals surface area contributed by atoms with Crippen LogP contribution in [0.1, 0.15) is 44.1 Å². The molecule has 2 aromatic heterocycles. The summed E-state index contributed by atoms with van der Waals surface area (Å²) in [5.74, 6) is 2.87. The van der Waals surface area contributed by atoms with E-state index in [0.717, 1.165) is 31.5 Å². The maximum absolute atomic E-state index is 6.26. The first-order valence-corrected chi connectivity index (χ1v) is 11.5. The minimum absolute atomic E-state index is 0.104. The lowest BCUT2D eigenvalue weighted by Crippen LogP contribution is -2.48. The number of hydrogen-bond acceptors (Lipinski definition) is 8. The topological polar surface area (TPSA) is 94.1 Å². The lowest BCUT2D eigenvalue weighted by atomic mass is 9.92. The van der Waals surface area contributed by atoms with Crippen LogP contribution in [0.4, 0.5) is 12.0 Å². The molecule has 1 aliphatic heterocycles. The molecule has 0 unspecified atom stereocenters. The molecule has 1 saturated heterocycles. The van der Waals surface area contributed by atoms with Gasteiger partial charge in [-0.25, -0.2) is 4.68 Å². The Labute approximate surface area is 192 Å². The Morgan fingerprint density at radius 2 is 1.91 bits per heavy atom. The minimum Gasteiger partial charge on any atom is -0.424 e. The van der Waals surface area contributed by atoms with E-state index < -0.39 is 0 Å². The summed E-state index contributed by atoms with van der Waals surface area (Å²) >= 11 is 6.26. The van der Waals surface area contributed by atoms with Gasteiger partial charge in [-0.3, -0.25) is 0 Å². The highest BCUT2D eigenvalue weighted by atomic mass is 35.5. The summed E-state index contributed by atoms with van der Waals surface area (Å²) in [6.07, 6.45) is 2.31. The van der Waals surface area contributed by atoms with E-state index in [1.807, 2.05) is 32.0 Å². The predicted octanol–water partition coefficient (Wildman–Crippen LogP) is 4.63. The standard InChI is InChI=1S/C22H28ClN7O2/c1-12(2)30-22(31-18-7-5-6-17(23)13(18)3)26-20(27-30)25-19-15-8-9-16(19)11-29(10-15)21-24-14(4)28-32-21/h5-7,12,15-16,19H,8-11H2,1-4H3,(H,25,27)/t15-,16+,19-. The van der Waals surface area contributed by atoms with Crippen molar-refractivity contribution in [3.05, 3.63) is 34.6 Å². The van der Waals surface area contributed by atoms with Crippen LogP contribution in [0.15, 0.2) is 22.7 Å². The third-order valence-electron chi connectivity index (χ3n) is 6.43. The molecule has 3 atom stereocenters. The molecular weight excluding hydrogens is 430 g/mol. The Balaban J connectivity index is 1.34. The highest BCUT2D eigenvalue weighted by Crippen LogP contribution is 2.40. The van der Waals surface area contributed by atoms with Crippen LogP contribution in [0.25, 0.3) is 0 Å². The number of ether oxygens (including phenoxy) is 1. The number of benzene rings is 1. The summed E-state index contributed by atoms with van der Waals surface area (Å²) in [7, 11) is 0. The molecule has 1 N–H and O–H groups in total. The average molecular weight is 458 g/mol. The highest BCUT2D eigenvalue weighted by molar-refractivity contribution is 6.31. The number of rotatable bonds is 6. The SMILES string of the molecule is Cc1noc(N2C[C@H]3CC[C@@H](C2)[C@@H]3Nc2nc(Oc3cccc(Cl)c3C)n(C(C)C)n2)n1. The van der Waals surface area contributed by atoms with E-state index >= 15 is 0 Å². The Hall–Kier alpha value is -2.81. The number of piperidine rings is 1. The Bertz CT molecular complexity index is 1100. The zero-order valence-corrected chi connectivity index (χ0v) is 19.5. The van der Waals surface area contributed by atoms with Gasteiger partial charge >= 0.3 is 12.0 Å². The van der Waals surface area contributed by atoms with Crippen molar-refractivity contribution in [3.63, 3.8) is 0 Å².